The Morgan fingerprint density at radius 2 is 1.67 bits per heavy atom. The molecule has 2 aromatic rings. The Balaban J connectivity index is 1.39. The third-order valence-corrected chi connectivity index (χ3v) is 6.66. The second-order valence-corrected chi connectivity index (χ2v) is 9.05. The van der Waals surface area contributed by atoms with Crippen LogP contribution in [0.2, 0.25) is 0 Å². The van der Waals surface area contributed by atoms with E-state index in [0.29, 0.717) is 19.4 Å². The van der Waals surface area contributed by atoms with Crippen molar-refractivity contribution < 1.29 is 24.2 Å². The Labute approximate surface area is 193 Å². The first kappa shape index (κ1) is 22.8. The minimum Gasteiger partial charge on any atom is -0.481 e. The summed E-state index contributed by atoms with van der Waals surface area (Å²) in [5, 5.41) is 12.1. The number of piperidine rings is 1. The van der Waals surface area contributed by atoms with Crippen LogP contribution in [-0.4, -0.2) is 53.7 Å². The quantitative estimate of drug-likeness (QED) is 0.697. The lowest BCUT2D eigenvalue weighted by atomic mass is 9.90. The van der Waals surface area contributed by atoms with Crippen LogP contribution in [-0.2, 0) is 14.3 Å². The van der Waals surface area contributed by atoms with Crippen LogP contribution < -0.4 is 5.32 Å². The highest BCUT2D eigenvalue weighted by Gasteiger charge is 2.35. The van der Waals surface area contributed by atoms with Crippen molar-refractivity contribution in [2.75, 3.05) is 19.7 Å². The lowest BCUT2D eigenvalue weighted by Crippen LogP contribution is -2.53. The number of alkyl carbamates (subject to hydrolysis) is 1. The van der Waals surface area contributed by atoms with Gasteiger partial charge in [0, 0.05) is 19.0 Å². The van der Waals surface area contributed by atoms with Crippen LogP contribution >= 0.6 is 0 Å². The number of amides is 2. The van der Waals surface area contributed by atoms with Gasteiger partial charge in [0.25, 0.3) is 0 Å². The topological polar surface area (TPSA) is 95.9 Å². The number of rotatable bonds is 6. The number of nitrogens with one attached hydrogen (secondary N) is 1. The number of fused-ring (bicyclic) bond motifs is 3. The summed E-state index contributed by atoms with van der Waals surface area (Å²) in [5.74, 6) is -1.70. The predicted molar refractivity (Wildman–Crippen MR) is 124 cm³/mol. The van der Waals surface area contributed by atoms with Gasteiger partial charge in [-0.25, -0.2) is 4.79 Å². The smallest absolute Gasteiger partial charge is 0.407 e. The first-order valence-electron chi connectivity index (χ1n) is 11.5. The number of hydrogen-bond donors (Lipinski definition) is 2. The maximum Gasteiger partial charge on any atom is 0.407 e. The van der Waals surface area contributed by atoms with E-state index < -0.39 is 24.0 Å². The molecule has 3 atom stereocenters. The molecule has 1 heterocycles. The Kier molecular flexibility index (Phi) is 6.67. The van der Waals surface area contributed by atoms with Crippen LogP contribution in [0.25, 0.3) is 11.1 Å². The zero-order chi connectivity index (χ0) is 23.5. The summed E-state index contributed by atoms with van der Waals surface area (Å²) in [7, 11) is 0. The molecule has 4 rings (SSSR count). The van der Waals surface area contributed by atoms with Gasteiger partial charge < -0.3 is 20.1 Å². The summed E-state index contributed by atoms with van der Waals surface area (Å²) in [6, 6.07) is 15.5. The molecule has 174 valence electrons. The second kappa shape index (κ2) is 9.65. The summed E-state index contributed by atoms with van der Waals surface area (Å²) in [5.41, 5.74) is 4.54. The Hall–Kier alpha value is -3.35. The molecule has 1 aliphatic carbocycles. The zero-order valence-corrected chi connectivity index (χ0v) is 19.0. The van der Waals surface area contributed by atoms with Crippen molar-refractivity contribution in [3.8, 4) is 11.1 Å². The third kappa shape index (κ3) is 4.72. The third-order valence-electron chi connectivity index (χ3n) is 6.66. The highest BCUT2D eigenvalue weighted by molar-refractivity contribution is 5.86. The standard InChI is InChI=1S/C26H30N2O5/c1-3-23(24(29)28-13-16(2)12-17(14-28)25(30)31)27-26(32)33-15-22-20-10-6-4-8-18(20)19-9-5-7-11-21(19)22/h4-11,16-17,22-23H,3,12-15H2,1-2H3,(H,27,32)(H,30,31). The molecule has 2 aromatic carbocycles. The molecule has 0 spiro atoms. The van der Waals surface area contributed by atoms with Gasteiger partial charge in [0.2, 0.25) is 5.91 Å². The van der Waals surface area contributed by atoms with Gasteiger partial charge in [-0.1, -0.05) is 62.4 Å². The molecule has 2 amide bonds. The minimum atomic E-state index is -0.892. The highest BCUT2D eigenvalue weighted by Crippen LogP contribution is 2.44. The van der Waals surface area contributed by atoms with E-state index >= 15 is 0 Å². The summed E-state index contributed by atoms with van der Waals surface area (Å²) < 4.78 is 5.58. The molecule has 0 aromatic heterocycles. The number of benzene rings is 2. The van der Waals surface area contributed by atoms with Gasteiger partial charge in [-0.05, 0) is 41.0 Å². The van der Waals surface area contributed by atoms with E-state index in [0.717, 1.165) is 22.3 Å². The fourth-order valence-electron chi connectivity index (χ4n) is 5.05. The molecule has 7 nitrogen and oxygen atoms in total. The fraction of sp³-hybridized carbons (Fsp3) is 0.423. The van der Waals surface area contributed by atoms with E-state index in [2.05, 4.69) is 29.6 Å². The molecule has 0 bridgehead atoms. The van der Waals surface area contributed by atoms with Gasteiger partial charge in [-0.15, -0.1) is 0 Å². The van der Waals surface area contributed by atoms with Gasteiger partial charge in [0.15, 0.2) is 0 Å². The molecule has 3 unspecified atom stereocenters. The lowest BCUT2D eigenvalue weighted by Gasteiger charge is -2.36. The van der Waals surface area contributed by atoms with Gasteiger partial charge >= 0.3 is 12.1 Å². The SMILES string of the molecule is CCC(NC(=O)OCC1c2ccccc2-c2ccccc21)C(=O)N1CC(C)CC(C(=O)O)C1. The number of aliphatic carboxylic acids is 1. The lowest BCUT2D eigenvalue weighted by molar-refractivity contribution is -0.147. The van der Waals surface area contributed by atoms with Crippen molar-refractivity contribution in [1.82, 2.24) is 10.2 Å². The number of hydrogen-bond acceptors (Lipinski definition) is 4. The summed E-state index contributed by atoms with van der Waals surface area (Å²) in [6.45, 7) is 4.59. The molecule has 0 saturated carbocycles. The predicted octanol–water partition coefficient (Wildman–Crippen LogP) is 3.87. The molecule has 1 aliphatic heterocycles. The van der Waals surface area contributed by atoms with Crippen molar-refractivity contribution >= 4 is 18.0 Å². The van der Waals surface area contributed by atoms with Crippen LogP contribution in [0.15, 0.2) is 48.5 Å². The van der Waals surface area contributed by atoms with Crippen LogP contribution in [0.4, 0.5) is 4.79 Å². The largest absolute Gasteiger partial charge is 0.481 e. The van der Waals surface area contributed by atoms with Crippen LogP contribution in [0.5, 0.6) is 0 Å². The number of carbonyl (C=O) groups excluding carboxylic acids is 2. The Morgan fingerprint density at radius 1 is 1.06 bits per heavy atom. The fourth-order valence-corrected chi connectivity index (χ4v) is 5.05. The summed E-state index contributed by atoms with van der Waals surface area (Å²) in [6.07, 6.45) is 0.304. The molecule has 1 saturated heterocycles. The molecule has 1 fully saturated rings. The maximum absolute atomic E-state index is 13.0. The van der Waals surface area contributed by atoms with Gasteiger partial charge in [0.1, 0.15) is 12.6 Å². The molecule has 7 heteroatoms. The number of nitrogens with zero attached hydrogens (tertiary/aromatic N) is 1. The molecular weight excluding hydrogens is 420 g/mol. The molecule has 33 heavy (non-hydrogen) atoms. The van der Waals surface area contributed by atoms with Crippen molar-refractivity contribution in [1.29, 1.82) is 0 Å². The van der Waals surface area contributed by atoms with Crippen molar-refractivity contribution in [3.05, 3.63) is 59.7 Å². The van der Waals surface area contributed by atoms with Crippen LogP contribution in [0.1, 0.15) is 43.7 Å². The van der Waals surface area contributed by atoms with Crippen molar-refractivity contribution in [3.63, 3.8) is 0 Å². The van der Waals surface area contributed by atoms with Gasteiger partial charge in [-0.2, -0.15) is 0 Å². The van der Waals surface area contributed by atoms with E-state index in [9.17, 15) is 19.5 Å². The monoisotopic (exact) mass is 450 g/mol. The van der Waals surface area contributed by atoms with Crippen molar-refractivity contribution in [2.45, 2.75) is 38.6 Å². The maximum atomic E-state index is 13.0. The number of carbonyl (C=O) groups is 3. The van der Waals surface area contributed by atoms with E-state index in [1.54, 1.807) is 4.90 Å². The second-order valence-electron chi connectivity index (χ2n) is 9.05. The van der Waals surface area contributed by atoms with Crippen LogP contribution in [0.3, 0.4) is 0 Å². The van der Waals surface area contributed by atoms with Gasteiger partial charge in [-0.3, -0.25) is 9.59 Å². The molecular formula is C26H30N2O5. The average molecular weight is 451 g/mol. The van der Waals surface area contributed by atoms with Crippen molar-refractivity contribution in [2.24, 2.45) is 11.8 Å². The van der Waals surface area contributed by atoms with Gasteiger partial charge in [0.05, 0.1) is 5.92 Å². The van der Waals surface area contributed by atoms with E-state index in [4.69, 9.17) is 4.74 Å². The van der Waals surface area contributed by atoms with E-state index in [1.165, 1.54) is 0 Å². The minimum absolute atomic E-state index is 0.0572. The normalized spacial score (nSPS) is 20.5. The first-order chi connectivity index (χ1) is 15.9. The molecule has 2 N–H and O–H groups in total. The van der Waals surface area contributed by atoms with Crippen LogP contribution in [0, 0.1) is 11.8 Å². The zero-order valence-electron chi connectivity index (χ0n) is 19.0. The first-order valence-corrected chi connectivity index (χ1v) is 11.5. The Bertz CT molecular complexity index is 1010. The van der Waals surface area contributed by atoms with E-state index in [1.807, 2.05) is 38.1 Å². The molecule has 2 aliphatic rings. The number of likely N-dealkylation sites (tertiary alicyclic amines) is 1. The number of carboxylic acid groups (broad SMARTS) is 1. The number of ether oxygens (including phenoxy) is 1. The van der Waals surface area contributed by atoms with E-state index in [-0.39, 0.29) is 30.9 Å². The summed E-state index contributed by atoms with van der Waals surface area (Å²) in [4.78, 5) is 38.7. The average Bonchev–Trinajstić information content (AvgIpc) is 3.14. The Morgan fingerprint density at radius 3 is 2.24 bits per heavy atom. The molecule has 0 radical (unpaired) electrons. The highest BCUT2D eigenvalue weighted by atomic mass is 16.5. The summed E-state index contributed by atoms with van der Waals surface area (Å²) >= 11 is 0. The number of carboxylic acids is 1.